The number of phenols is 1. The van der Waals surface area contributed by atoms with Crippen LogP contribution in [0.2, 0.25) is 0 Å². The number of piperidine rings is 1. The second kappa shape index (κ2) is 4.50. The van der Waals surface area contributed by atoms with Crippen LogP contribution in [0.25, 0.3) is 10.9 Å². The number of likely N-dealkylation sites (tertiary alicyclic amines) is 1. The van der Waals surface area contributed by atoms with Crippen LogP contribution in [0, 0.1) is 5.92 Å². The standard InChI is InChI=1S/C23H22N2O2/c1-25-9-8-23-15-11-14-13-4-2-3-5-16(13)24-20(14)22(23)27-21-18(26)7-6-12(19(21)23)10-17(15)25/h2-7,15,17,22,24,26H,8-11H2,1H3/t15-,17+,22+,23-/m0/s1. The molecule has 1 saturated heterocycles. The number of para-hydroxylation sites is 1. The van der Waals surface area contributed by atoms with Gasteiger partial charge >= 0.3 is 0 Å². The van der Waals surface area contributed by atoms with Gasteiger partial charge < -0.3 is 19.7 Å². The predicted molar refractivity (Wildman–Crippen MR) is 103 cm³/mol. The number of rotatable bonds is 0. The Kier molecular flexibility index (Phi) is 2.43. The van der Waals surface area contributed by atoms with Crippen molar-refractivity contribution in [2.24, 2.45) is 5.92 Å². The molecule has 4 nitrogen and oxygen atoms in total. The van der Waals surface area contributed by atoms with Crippen LogP contribution in [-0.4, -0.2) is 34.6 Å². The van der Waals surface area contributed by atoms with Crippen molar-refractivity contribution < 1.29 is 9.84 Å². The number of phenolic OH excluding ortho intramolecular Hbond substituents is 1. The maximum Gasteiger partial charge on any atom is 0.166 e. The molecule has 2 aliphatic carbocycles. The Bertz CT molecular complexity index is 1130. The third kappa shape index (κ3) is 1.49. The second-order valence-electron chi connectivity index (χ2n) is 8.86. The van der Waals surface area contributed by atoms with E-state index in [4.69, 9.17) is 4.74 Å². The van der Waals surface area contributed by atoms with Crippen molar-refractivity contribution in [3.8, 4) is 11.5 Å². The third-order valence-corrected chi connectivity index (χ3v) is 7.92. The number of H-pyrrole nitrogens is 1. The highest BCUT2D eigenvalue weighted by molar-refractivity contribution is 5.85. The molecule has 4 heteroatoms. The van der Waals surface area contributed by atoms with Crippen molar-refractivity contribution in [1.82, 2.24) is 9.88 Å². The number of aromatic nitrogens is 1. The summed E-state index contributed by atoms with van der Waals surface area (Å²) in [6.45, 7) is 1.09. The van der Waals surface area contributed by atoms with Crippen molar-refractivity contribution >= 4 is 10.9 Å². The van der Waals surface area contributed by atoms with Crippen molar-refractivity contribution in [3.05, 3.63) is 58.8 Å². The number of nitrogens with one attached hydrogen (secondary N) is 1. The predicted octanol–water partition coefficient (Wildman–Crippen LogP) is 3.68. The lowest BCUT2D eigenvalue weighted by Crippen LogP contribution is -2.62. The van der Waals surface area contributed by atoms with Crippen molar-refractivity contribution in [2.75, 3.05) is 13.6 Å². The van der Waals surface area contributed by atoms with Gasteiger partial charge in [-0.25, -0.2) is 0 Å². The third-order valence-electron chi connectivity index (χ3n) is 7.92. The van der Waals surface area contributed by atoms with E-state index in [9.17, 15) is 5.11 Å². The molecule has 2 aliphatic heterocycles. The molecule has 3 aromatic rings. The Labute approximate surface area is 157 Å². The van der Waals surface area contributed by atoms with Gasteiger partial charge in [0.05, 0.1) is 5.69 Å². The highest BCUT2D eigenvalue weighted by Crippen LogP contribution is 2.67. The van der Waals surface area contributed by atoms with Crippen LogP contribution in [0.1, 0.15) is 34.9 Å². The summed E-state index contributed by atoms with van der Waals surface area (Å²) in [4.78, 5) is 6.25. The quantitative estimate of drug-likeness (QED) is 0.645. The number of fused-ring (bicyclic) bond motifs is 4. The van der Waals surface area contributed by atoms with Gasteiger partial charge in [0.2, 0.25) is 0 Å². The summed E-state index contributed by atoms with van der Waals surface area (Å²) in [6, 6.07) is 13.1. The van der Waals surface area contributed by atoms with Crippen LogP contribution >= 0.6 is 0 Å². The number of benzene rings is 2. The molecule has 136 valence electrons. The fourth-order valence-corrected chi connectivity index (χ4v) is 6.81. The van der Waals surface area contributed by atoms with Crippen molar-refractivity contribution in [1.29, 1.82) is 0 Å². The largest absolute Gasteiger partial charge is 0.504 e. The van der Waals surface area contributed by atoms with Gasteiger partial charge in [-0.2, -0.15) is 0 Å². The number of likely N-dealkylation sites (N-methyl/N-ethyl adjacent to an activating group) is 1. The molecule has 1 spiro atoms. The molecule has 0 radical (unpaired) electrons. The lowest BCUT2D eigenvalue weighted by molar-refractivity contribution is -0.0252. The summed E-state index contributed by atoms with van der Waals surface area (Å²) in [6.07, 6.45) is 3.22. The molecule has 3 heterocycles. The molecule has 0 saturated carbocycles. The molecule has 0 amide bonds. The number of aromatic amines is 1. The molecule has 2 N–H and O–H groups in total. The zero-order valence-corrected chi connectivity index (χ0v) is 15.3. The van der Waals surface area contributed by atoms with Crippen LogP contribution in [0.15, 0.2) is 36.4 Å². The minimum Gasteiger partial charge on any atom is -0.504 e. The maximum absolute atomic E-state index is 10.6. The van der Waals surface area contributed by atoms with E-state index < -0.39 is 0 Å². The summed E-state index contributed by atoms with van der Waals surface area (Å²) >= 11 is 0. The molecule has 7 rings (SSSR count). The van der Waals surface area contributed by atoms with Gasteiger partial charge in [-0.1, -0.05) is 24.3 Å². The van der Waals surface area contributed by atoms with E-state index in [0.717, 1.165) is 31.6 Å². The highest BCUT2D eigenvalue weighted by atomic mass is 16.5. The monoisotopic (exact) mass is 358 g/mol. The van der Waals surface area contributed by atoms with E-state index in [1.54, 1.807) is 0 Å². The SMILES string of the molecule is CN1CC[C@]23c4c5ccc(O)c4O[C@@H]2c2[nH]c4ccccc4c2C[C@H]3[C@H]1C5. The Balaban J connectivity index is 1.58. The molecule has 27 heavy (non-hydrogen) atoms. The fraction of sp³-hybridized carbons (Fsp3) is 0.391. The van der Waals surface area contributed by atoms with Crippen molar-refractivity contribution in [2.45, 2.75) is 36.8 Å². The summed E-state index contributed by atoms with van der Waals surface area (Å²) in [5.74, 6) is 1.58. The van der Waals surface area contributed by atoms with Gasteiger partial charge in [0.25, 0.3) is 0 Å². The smallest absolute Gasteiger partial charge is 0.166 e. The summed E-state index contributed by atoms with van der Waals surface area (Å²) < 4.78 is 6.60. The van der Waals surface area contributed by atoms with Gasteiger partial charge in [0.15, 0.2) is 11.5 Å². The fourth-order valence-electron chi connectivity index (χ4n) is 6.81. The van der Waals surface area contributed by atoms with Gasteiger partial charge in [0, 0.05) is 27.9 Å². The molecule has 2 bridgehead atoms. The van der Waals surface area contributed by atoms with Gasteiger partial charge in [-0.05, 0) is 62.0 Å². The Hall–Kier alpha value is -2.46. The molecule has 1 fully saturated rings. The lowest BCUT2D eigenvalue weighted by atomic mass is 9.52. The van der Waals surface area contributed by atoms with E-state index in [1.165, 1.54) is 33.3 Å². The molecule has 2 aromatic carbocycles. The van der Waals surface area contributed by atoms with Gasteiger partial charge in [-0.15, -0.1) is 0 Å². The first-order valence-corrected chi connectivity index (χ1v) is 10.00. The van der Waals surface area contributed by atoms with Gasteiger partial charge in [0.1, 0.15) is 6.10 Å². The average Bonchev–Trinajstić information content (AvgIpc) is 3.21. The zero-order chi connectivity index (χ0) is 17.9. The molecule has 0 unspecified atom stereocenters. The zero-order valence-electron chi connectivity index (χ0n) is 15.3. The molecule has 1 aromatic heterocycles. The van der Waals surface area contributed by atoms with Crippen LogP contribution < -0.4 is 4.74 Å². The second-order valence-corrected chi connectivity index (χ2v) is 8.86. The highest BCUT2D eigenvalue weighted by Gasteiger charge is 2.65. The lowest BCUT2D eigenvalue weighted by Gasteiger charge is -2.57. The summed E-state index contributed by atoms with van der Waals surface area (Å²) in [5.41, 5.74) is 6.53. The number of hydrogen-bond donors (Lipinski definition) is 2. The van der Waals surface area contributed by atoms with E-state index in [1.807, 2.05) is 6.07 Å². The van der Waals surface area contributed by atoms with Crippen LogP contribution in [0.5, 0.6) is 11.5 Å². The van der Waals surface area contributed by atoms with Gasteiger partial charge in [-0.3, -0.25) is 0 Å². The normalized spacial score (nSPS) is 32.9. The summed E-state index contributed by atoms with van der Waals surface area (Å²) in [5, 5.41) is 11.9. The molecule has 4 atom stereocenters. The number of nitrogens with zero attached hydrogens (tertiary/aromatic N) is 1. The first-order chi connectivity index (χ1) is 13.2. The van der Waals surface area contributed by atoms with E-state index in [-0.39, 0.29) is 11.5 Å². The Morgan fingerprint density at radius 3 is 3.00 bits per heavy atom. The minimum absolute atomic E-state index is 0.00723. The van der Waals surface area contributed by atoms with E-state index >= 15 is 0 Å². The van der Waals surface area contributed by atoms with Crippen LogP contribution in [0.4, 0.5) is 0 Å². The first kappa shape index (κ1) is 14.6. The topological polar surface area (TPSA) is 48.5 Å². The Morgan fingerprint density at radius 2 is 2.07 bits per heavy atom. The Morgan fingerprint density at radius 1 is 1.19 bits per heavy atom. The van der Waals surface area contributed by atoms with E-state index in [0.29, 0.717) is 17.7 Å². The van der Waals surface area contributed by atoms with E-state index in [2.05, 4.69) is 47.3 Å². The number of aromatic hydroxyl groups is 1. The molecule has 4 aliphatic rings. The first-order valence-electron chi connectivity index (χ1n) is 10.00. The van der Waals surface area contributed by atoms with Crippen molar-refractivity contribution in [3.63, 3.8) is 0 Å². The average molecular weight is 358 g/mol. The van der Waals surface area contributed by atoms with Crippen LogP contribution in [-0.2, 0) is 18.3 Å². The summed E-state index contributed by atoms with van der Waals surface area (Å²) in [7, 11) is 2.28. The van der Waals surface area contributed by atoms with Crippen LogP contribution in [0.3, 0.4) is 0 Å². The molecular weight excluding hydrogens is 336 g/mol. The number of hydrogen-bond acceptors (Lipinski definition) is 3. The maximum atomic E-state index is 10.6. The number of ether oxygens (including phenoxy) is 1. The molecular formula is C23H22N2O2. The minimum atomic E-state index is -0.0165.